The zero-order valence-corrected chi connectivity index (χ0v) is 24.9. The molecule has 1 N–H and O–H groups in total. The van der Waals surface area contributed by atoms with Gasteiger partial charge in [0.1, 0.15) is 5.76 Å². The zero-order valence-electron chi connectivity index (χ0n) is 24.1. The maximum absolute atomic E-state index is 14.3. The molecule has 7 nitrogen and oxygen atoms in total. The van der Waals surface area contributed by atoms with E-state index >= 15 is 0 Å². The number of carbonyl (C=O) groups is 1. The molecule has 44 heavy (non-hydrogen) atoms. The molecule has 0 aliphatic carbocycles. The predicted molar refractivity (Wildman–Crippen MR) is 159 cm³/mol. The van der Waals surface area contributed by atoms with Crippen LogP contribution in [0.5, 0.6) is 0 Å². The first kappa shape index (κ1) is 31.0. The van der Waals surface area contributed by atoms with Gasteiger partial charge in [-0.05, 0) is 66.6 Å². The molecule has 2 aromatic heterocycles. The van der Waals surface area contributed by atoms with Crippen LogP contribution < -0.4 is 0 Å². The van der Waals surface area contributed by atoms with Gasteiger partial charge in [-0.3, -0.25) is 9.78 Å². The van der Waals surface area contributed by atoms with Crippen molar-refractivity contribution >= 4 is 26.8 Å². The molecule has 0 unspecified atom stereocenters. The molecule has 0 spiro atoms. The molecular weight excluding hydrogens is 593 g/mol. The van der Waals surface area contributed by atoms with Gasteiger partial charge < -0.3 is 9.52 Å². The number of halogens is 3. The van der Waals surface area contributed by atoms with Crippen molar-refractivity contribution in [3.05, 3.63) is 119 Å². The Morgan fingerprint density at radius 2 is 1.61 bits per heavy atom. The van der Waals surface area contributed by atoms with Gasteiger partial charge in [0.15, 0.2) is 0 Å². The Balaban J connectivity index is 1.52. The van der Waals surface area contributed by atoms with Crippen LogP contribution in [-0.4, -0.2) is 28.8 Å². The van der Waals surface area contributed by atoms with Crippen LogP contribution >= 0.6 is 0 Å². The van der Waals surface area contributed by atoms with Crippen molar-refractivity contribution < 1.29 is 35.9 Å². The maximum atomic E-state index is 14.3. The molecule has 5 aromatic rings. The maximum Gasteiger partial charge on any atom is 0.449 e. The van der Waals surface area contributed by atoms with Crippen molar-refractivity contribution in [2.45, 2.75) is 50.3 Å². The molecule has 0 aliphatic heterocycles. The highest BCUT2D eigenvalue weighted by molar-refractivity contribution is 7.89. The van der Waals surface area contributed by atoms with E-state index in [4.69, 9.17) is 4.42 Å². The van der Waals surface area contributed by atoms with E-state index in [9.17, 15) is 31.5 Å². The van der Waals surface area contributed by atoms with E-state index in [-0.39, 0.29) is 17.2 Å². The number of carboxylic acids is 1. The molecule has 0 atom stereocenters. The third-order valence-electron chi connectivity index (χ3n) is 7.59. The van der Waals surface area contributed by atoms with Crippen molar-refractivity contribution in [3.8, 4) is 11.1 Å². The lowest BCUT2D eigenvalue weighted by Crippen LogP contribution is -2.31. The Morgan fingerprint density at radius 1 is 0.909 bits per heavy atom. The van der Waals surface area contributed by atoms with Crippen LogP contribution in [0.4, 0.5) is 13.2 Å². The van der Waals surface area contributed by atoms with Gasteiger partial charge >= 0.3 is 12.1 Å². The lowest BCUT2D eigenvalue weighted by Gasteiger charge is -2.24. The molecule has 0 aliphatic rings. The molecule has 5 rings (SSSR count). The topological polar surface area (TPSA) is 101 Å². The summed E-state index contributed by atoms with van der Waals surface area (Å²) in [6, 6.07) is 21.1. The number of alkyl halides is 3. The number of aliphatic carboxylic acids is 1. The molecule has 0 radical (unpaired) electrons. The lowest BCUT2D eigenvalue weighted by atomic mass is 9.85. The van der Waals surface area contributed by atoms with Crippen LogP contribution in [0.2, 0.25) is 0 Å². The van der Waals surface area contributed by atoms with Crippen LogP contribution in [-0.2, 0) is 39.5 Å². The van der Waals surface area contributed by atoms with Crippen LogP contribution in [0.25, 0.3) is 21.9 Å². The number of nitrogens with zero attached hydrogens (tertiary/aromatic N) is 2. The lowest BCUT2D eigenvalue weighted by molar-refractivity contribution is -0.153. The molecule has 228 valence electrons. The number of aromatic nitrogens is 1. The molecular formula is C33H29F3N2O5S. The summed E-state index contributed by atoms with van der Waals surface area (Å²) in [5.74, 6) is -2.36. The summed E-state index contributed by atoms with van der Waals surface area (Å²) in [6.07, 6.45) is -1.61. The molecule has 11 heteroatoms. The second kappa shape index (κ2) is 11.5. The quantitative estimate of drug-likeness (QED) is 0.182. The van der Waals surface area contributed by atoms with Gasteiger partial charge in [0.25, 0.3) is 0 Å². The standard InChI is InChI=1S/C33H29F3N2O5S/c1-21-8-11-24-6-4-5-7-28(24)30(21)44(41,42)38(20-27-14-15-29(43-27)33(34,35)36)19-22-9-12-23(13-10-22)25-16-26(18-37-17-25)32(2,3)31(39)40/h4-18H,19-20H2,1-3H3,(H,39,40). The fourth-order valence-electron chi connectivity index (χ4n) is 4.91. The third-order valence-corrected chi connectivity index (χ3v) is 9.58. The summed E-state index contributed by atoms with van der Waals surface area (Å²) in [5, 5.41) is 10.8. The second-order valence-corrected chi connectivity index (χ2v) is 12.9. The zero-order chi connectivity index (χ0) is 31.9. The van der Waals surface area contributed by atoms with Crippen LogP contribution in [0.3, 0.4) is 0 Å². The highest BCUT2D eigenvalue weighted by Gasteiger charge is 2.36. The van der Waals surface area contributed by atoms with Crippen molar-refractivity contribution in [1.82, 2.24) is 9.29 Å². The van der Waals surface area contributed by atoms with E-state index in [2.05, 4.69) is 4.98 Å². The number of fused-ring (bicyclic) bond motifs is 1. The number of hydrogen-bond acceptors (Lipinski definition) is 5. The Hall–Kier alpha value is -4.48. The first-order chi connectivity index (χ1) is 20.7. The van der Waals surface area contributed by atoms with Crippen LogP contribution in [0.15, 0.2) is 101 Å². The van der Waals surface area contributed by atoms with E-state index in [0.29, 0.717) is 33.0 Å². The summed E-state index contributed by atoms with van der Waals surface area (Å²) in [6.45, 7) is 4.26. The van der Waals surface area contributed by atoms with E-state index in [1.165, 1.54) is 6.20 Å². The number of benzene rings is 3. The number of sulfonamides is 1. The number of furan rings is 1. The van der Waals surface area contributed by atoms with Crippen LogP contribution in [0, 0.1) is 6.92 Å². The summed E-state index contributed by atoms with van der Waals surface area (Å²) >= 11 is 0. The van der Waals surface area contributed by atoms with Gasteiger partial charge in [0, 0.05) is 29.9 Å². The number of rotatable bonds is 9. The van der Waals surface area contributed by atoms with Crippen LogP contribution in [0.1, 0.15) is 42.1 Å². The Morgan fingerprint density at radius 3 is 2.27 bits per heavy atom. The van der Waals surface area contributed by atoms with Gasteiger partial charge in [-0.25, -0.2) is 8.42 Å². The first-order valence-electron chi connectivity index (χ1n) is 13.6. The summed E-state index contributed by atoms with van der Waals surface area (Å²) < 4.78 is 74.4. The molecule has 3 aromatic carbocycles. The van der Waals surface area contributed by atoms with Gasteiger partial charge in [0.2, 0.25) is 15.8 Å². The van der Waals surface area contributed by atoms with Crippen molar-refractivity contribution in [1.29, 1.82) is 0 Å². The smallest absolute Gasteiger partial charge is 0.449 e. The number of carboxylic acid groups (broad SMARTS) is 1. The SMILES string of the molecule is Cc1ccc2ccccc2c1S(=O)(=O)N(Cc1ccc(-c2cncc(C(C)(C)C(=O)O)c2)cc1)Cc1ccc(C(F)(F)F)o1. The van der Waals surface area contributed by atoms with Gasteiger partial charge in [-0.2, -0.15) is 17.5 Å². The average Bonchev–Trinajstić information content (AvgIpc) is 3.46. The normalized spacial score (nSPS) is 12.6. The first-order valence-corrected chi connectivity index (χ1v) is 15.0. The molecule has 2 heterocycles. The minimum absolute atomic E-state index is 0.0683. The Bertz CT molecular complexity index is 1950. The summed E-state index contributed by atoms with van der Waals surface area (Å²) in [7, 11) is -4.25. The highest BCUT2D eigenvalue weighted by atomic mass is 32.2. The molecule has 0 fully saturated rings. The minimum Gasteiger partial charge on any atom is -0.481 e. The summed E-state index contributed by atoms with van der Waals surface area (Å²) in [5.41, 5.74) is 1.84. The Kier molecular flexibility index (Phi) is 8.13. The minimum atomic E-state index is -4.71. The number of hydrogen-bond donors (Lipinski definition) is 1. The van der Waals surface area contributed by atoms with Crippen molar-refractivity contribution in [2.75, 3.05) is 0 Å². The van der Waals surface area contributed by atoms with E-state index in [0.717, 1.165) is 22.0 Å². The third kappa shape index (κ3) is 6.11. The molecule has 0 saturated heterocycles. The monoisotopic (exact) mass is 622 g/mol. The van der Waals surface area contributed by atoms with Gasteiger partial charge in [-0.15, -0.1) is 0 Å². The van der Waals surface area contributed by atoms with Crippen molar-refractivity contribution in [3.63, 3.8) is 0 Å². The van der Waals surface area contributed by atoms with E-state index in [1.807, 2.05) is 6.07 Å². The fourth-order valence-corrected chi connectivity index (χ4v) is 6.72. The number of aryl methyl sites for hydroxylation is 1. The van der Waals surface area contributed by atoms with E-state index < -0.39 is 39.9 Å². The highest BCUT2D eigenvalue weighted by Crippen LogP contribution is 2.34. The second-order valence-electron chi connectivity index (χ2n) is 11.1. The summed E-state index contributed by atoms with van der Waals surface area (Å²) in [4.78, 5) is 16.0. The van der Waals surface area contributed by atoms with Gasteiger partial charge in [-0.1, -0.05) is 60.7 Å². The molecule has 0 saturated carbocycles. The molecule has 0 bridgehead atoms. The fraction of sp³-hybridized carbons (Fsp3) is 0.212. The van der Waals surface area contributed by atoms with Gasteiger partial charge in [0.05, 0.1) is 16.9 Å². The molecule has 0 amide bonds. The average molecular weight is 623 g/mol. The Labute approximate surface area is 252 Å². The largest absolute Gasteiger partial charge is 0.481 e. The van der Waals surface area contributed by atoms with Crippen molar-refractivity contribution in [2.24, 2.45) is 0 Å². The number of pyridine rings is 1. The van der Waals surface area contributed by atoms with E-state index in [1.54, 1.807) is 87.6 Å². The predicted octanol–water partition coefficient (Wildman–Crippen LogP) is 7.58.